The second kappa shape index (κ2) is 20.5. The van der Waals surface area contributed by atoms with Crippen molar-refractivity contribution in [3.05, 3.63) is 336 Å². The van der Waals surface area contributed by atoms with Crippen LogP contribution in [0.3, 0.4) is 0 Å². The second-order valence-electron chi connectivity index (χ2n) is 24.1. The van der Waals surface area contributed by atoms with E-state index in [-0.39, 0.29) is 0 Å². The minimum Gasteiger partial charge on any atom is -0.453 e. The Kier molecular flexibility index (Phi) is 12.0. The van der Waals surface area contributed by atoms with Gasteiger partial charge in [-0.05, 0) is 166 Å². The van der Waals surface area contributed by atoms with Crippen molar-refractivity contribution in [1.29, 1.82) is 0 Å². The molecule has 17 rings (SSSR count). The summed E-state index contributed by atoms with van der Waals surface area (Å²) in [6.07, 6.45) is 0. The van der Waals surface area contributed by atoms with Gasteiger partial charge >= 0.3 is 0 Å². The molecule has 89 heavy (non-hydrogen) atoms. The van der Waals surface area contributed by atoms with Crippen molar-refractivity contribution in [2.24, 2.45) is 0 Å². The van der Waals surface area contributed by atoms with E-state index >= 15 is 0 Å². The second-order valence-corrected chi connectivity index (χ2v) is 24.1. The van der Waals surface area contributed by atoms with E-state index in [0.717, 1.165) is 99.9 Å². The first-order valence-corrected chi connectivity index (χ1v) is 30.8. The van der Waals surface area contributed by atoms with Crippen molar-refractivity contribution in [2.75, 3.05) is 9.80 Å². The first-order valence-electron chi connectivity index (χ1n) is 30.8. The van der Waals surface area contributed by atoms with Gasteiger partial charge in [-0.3, -0.25) is 0 Å². The van der Waals surface area contributed by atoms with E-state index < -0.39 is 5.41 Å². The highest BCUT2D eigenvalue weighted by Gasteiger charge is 2.48. The van der Waals surface area contributed by atoms with Gasteiger partial charge < -0.3 is 18.6 Å². The molecule has 0 spiro atoms. The van der Waals surface area contributed by atoms with E-state index in [2.05, 4.69) is 329 Å². The lowest BCUT2D eigenvalue weighted by molar-refractivity contribution is 0.670. The van der Waals surface area contributed by atoms with E-state index in [0.29, 0.717) is 0 Å². The fourth-order valence-electron chi connectivity index (χ4n) is 14.8. The van der Waals surface area contributed by atoms with Gasteiger partial charge in [-0.2, -0.15) is 0 Å². The summed E-state index contributed by atoms with van der Waals surface area (Å²) in [5, 5.41) is 9.04. The Morgan fingerprint density at radius 1 is 0.258 bits per heavy atom. The predicted octanol–water partition coefficient (Wildman–Crippen LogP) is 23.7. The maximum atomic E-state index is 7.19. The molecular formula is C85H60N2O2. The van der Waals surface area contributed by atoms with E-state index in [1.807, 2.05) is 0 Å². The number of aryl methyl sites for hydroxylation is 4. The SMILES string of the molecule is Cc1ccc(N(c2ccc3c4c(ccc3c2)-c2ccc3cc(N(c5ccc(C)cc5)c5cccc6c5oc5c(-c7ccccc7C)cccc56)ccc3c2C4(c2ccccc2)c2ccccc2)c2cccc3c2oc2c(-c4ccccc4C)cccc23)cc1. The molecule has 1 aliphatic rings. The first-order chi connectivity index (χ1) is 43.8. The van der Waals surface area contributed by atoms with Crippen LogP contribution in [-0.2, 0) is 5.41 Å². The molecule has 16 aromatic rings. The topological polar surface area (TPSA) is 32.8 Å². The van der Waals surface area contributed by atoms with Gasteiger partial charge in [0.15, 0.2) is 11.2 Å². The molecule has 0 amide bonds. The van der Waals surface area contributed by atoms with Crippen LogP contribution in [0.5, 0.6) is 0 Å². The third-order valence-electron chi connectivity index (χ3n) is 18.9. The summed E-state index contributed by atoms with van der Waals surface area (Å²) >= 11 is 0. The molecule has 0 saturated heterocycles. The summed E-state index contributed by atoms with van der Waals surface area (Å²) < 4.78 is 14.4. The van der Waals surface area contributed by atoms with Crippen molar-refractivity contribution in [3.63, 3.8) is 0 Å². The number of nitrogens with zero attached hydrogens (tertiary/aromatic N) is 2. The Morgan fingerprint density at radius 2 is 0.618 bits per heavy atom. The maximum absolute atomic E-state index is 7.19. The van der Waals surface area contributed by atoms with E-state index in [9.17, 15) is 0 Å². The summed E-state index contributed by atoms with van der Waals surface area (Å²) in [5.74, 6) is 0. The van der Waals surface area contributed by atoms with Gasteiger partial charge in [0.05, 0.1) is 16.8 Å². The largest absolute Gasteiger partial charge is 0.453 e. The lowest BCUT2D eigenvalue weighted by Gasteiger charge is -2.35. The highest BCUT2D eigenvalue weighted by atomic mass is 16.3. The molecule has 422 valence electrons. The lowest BCUT2D eigenvalue weighted by atomic mass is 9.66. The van der Waals surface area contributed by atoms with Crippen molar-refractivity contribution in [2.45, 2.75) is 33.1 Å². The molecule has 0 atom stereocenters. The molecule has 0 N–H and O–H groups in total. The van der Waals surface area contributed by atoms with Crippen LogP contribution < -0.4 is 9.80 Å². The molecule has 2 aromatic heterocycles. The lowest BCUT2D eigenvalue weighted by Crippen LogP contribution is -2.29. The Labute approximate surface area is 517 Å². The van der Waals surface area contributed by atoms with Gasteiger partial charge in [0, 0.05) is 55.4 Å². The van der Waals surface area contributed by atoms with Gasteiger partial charge in [-0.1, -0.05) is 242 Å². The number of hydrogen-bond acceptors (Lipinski definition) is 4. The normalized spacial score (nSPS) is 12.6. The fourth-order valence-corrected chi connectivity index (χ4v) is 14.8. The molecule has 0 saturated carbocycles. The molecule has 0 unspecified atom stereocenters. The Balaban J connectivity index is 0.863. The zero-order valence-corrected chi connectivity index (χ0v) is 49.9. The molecule has 14 aromatic carbocycles. The summed E-state index contributed by atoms with van der Waals surface area (Å²) in [5.41, 5.74) is 25.7. The maximum Gasteiger partial charge on any atom is 0.159 e. The molecule has 2 heterocycles. The Morgan fingerprint density at radius 3 is 1.03 bits per heavy atom. The highest BCUT2D eigenvalue weighted by Crippen LogP contribution is 2.61. The van der Waals surface area contributed by atoms with Crippen LogP contribution in [0.4, 0.5) is 34.1 Å². The van der Waals surface area contributed by atoms with Gasteiger partial charge in [0.2, 0.25) is 0 Å². The molecule has 0 bridgehead atoms. The number of para-hydroxylation sites is 4. The number of anilines is 6. The van der Waals surface area contributed by atoms with Crippen LogP contribution in [0, 0.1) is 27.7 Å². The Hall–Kier alpha value is -11.2. The standard InChI is InChI=1S/C85H60N2O2/c1-53-35-41-61(42-36-53)86(77-33-17-31-75-73-29-15-27-71(81(73)88-83(75)77)65-25-13-11-19-55(65)3)63-45-49-67-57(51-63)39-47-69-70-48-40-58-52-64(46-50-68(58)80(70)85(79(67)69,59-21-7-5-8-22-59)60-23-9-6-10-24-60)87(62-43-37-54(2)38-44-62)78-34-18-32-76-74-30-16-28-72(82(74)89-84(76)78)66-26-14-12-20-56(66)4/h5-52H,1-4H3. The van der Waals surface area contributed by atoms with Gasteiger partial charge in [0.25, 0.3) is 0 Å². The molecule has 4 heteroatoms. The van der Waals surface area contributed by atoms with Crippen molar-refractivity contribution in [1.82, 2.24) is 0 Å². The predicted molar refractivity (Wildman–Crippen MR) is 373 cm³/mol. The van der Waals surface area contributed by atoms with Gasteiger partial charge in [-0.15, -0.1) is 0 Å². The molecule has 4 nitrogen and oxygen atoms in total. The van der Waals surface area contributed by atoms with E-state index in [4.69, 9.17) is 8.83 Å². The summed E-state index contributed by atoms with van der Waals surface area (Å²) in [6.45, 7) is 8.64. The van der Waals surface area contributed by atoms with Crippen LogP contribution in [0.1, 0.15) is 44.5 Å². The smallest absolute Gasteiger partial charge is 0.159 e. The quantitative estimate of drug-likeness (QED) is 0.137. The third-order valence-corrected chi connectivity index (χ3v) is 18.9. The van der Waals surface area contributed by atoms with Crippen LogP contribution in [0.15, 0.2) is 300 Å². The average molecular weight is 1140 g/mol. The Bertz CT molecular complexity index is 5140. The first kappa shape index (κ1) is 52.2. The van der Waals surface area contributed by atoms with Crippen molar-refractivity contribution in [3.8, 4) is 33.4 Å². The molecule has 0 fully saturated rings. The fraction of sp³-hybridized carbons (Fsp3) is 0.0588. The minimum atomic E-state index is -0.716. The molecular weight excluding hydrogens is 1080 g/mol. The average Bonchev–Trinajstić information content (AvgIpc) is 1.61. The van der Waals surface area contributed by atoms with E-state index in [1.54, 1.807) is 0 Å². The zero-order chi connectivity index (χ0) is 59.5. The number of rotatable bonds is 10. The number of hydrogen-bond donors (Lipinski definition) is 0. The van der Waals surface area contributed by atoms with Crippen LogP contribution >= 0.6 is 0 Å². The third kappa shape index (κ3) is 8.07. The summed E-state index contributed by atoms with van der Waals surface area (Å²) in [4.78, 5) is 4.76. The van der Waals surface area contributed by atoms with Crippen molar-refractivity contribution >= 4 is 99.5 Å². The molecule has 0 aliphatic heterocycles. The summed E-state index contributed by atoms with van der Waals surface area (Å²) in [6, 6.07) is 107. The van der Waals surface area contributed by atoms with Gasteiger partial charge in [0.1, 0.15) is 11.2 Å². The molecule has 1 aliphatic carbocycles. The van der Waals surface area contributed by atoms with Crippen LogP contribution in [0.2, 0.25) is 0 Å². The summed E-state index contributed by atoms with van der Waals surface area (Å²) in [7, 11) is 0. The minimum absolute atomic E-state index is 0.716. The monoisotopic (exact) mass is 1140 g/mol. The highest BCUT2D eigenvalue weighted by molar-refractivity contribution is 6.16. The number of furan rings is 2. The number of fused-ring (bicyclic) bond motifs is 13. The van der Waals surface area contributed by atoms with Gasteiger partial charge in [-0.25, -0.2) is 0 Å². The molecule has 0 radical (unpaired) electrons. The van der Waals surface area contributed by atoms with E-state index in [1.165, 1.54) is 77.5 Å². The van der Waals surface area contributed by atoms with Crippen molar-refractivity contribution < 1.29 is 8.83 Å². The number of benzene rings is 14. The van der Waals surface area contributed by atoms with Crippen LogP contribution in [-0.4, -0.2) is 0 Å². The zero-order valence-electron chi connectivity index (χ0n) is 49.9. The van der Waals surface area contributed by atoms with Crippen LogP contribution in [0.25, 0.3) is 98.8 Å².